The number of carbonyl (C=O) groups excluding carboxylic acids is 1. The Kier molecular flexibility index (Phi) is 11.5. The number of rotatable bonds is 14. The molecule has 1 saturated heterocycles. The van der Waals surface area contributed by atoms with Gasteiger partial charge in [-0.15, -0.1) is 0 Å². The molecule has 6 rings (SSSR count). The zero-order chi connectivity index (χ0) is 32.1. The molecule has 0 spiro atoms. The number of hydrogen-bond donors (Lipinski definition) is 0. The number of ether oxygens (including phenoxy) is 6. The predicted octanol–water partition coefficient (Wildman–Crippen LogP) is 6.57. The highest BCUT2D eigenvalue weighted by Gasteiger charge is 2.50. The van der Waals surface area contributed by atoms with Gasteiger partial charge in [-0.1, -0.05) is 121 Å². The monoisotopic (exact) mass is 634 g/mol. The zero-order valence-electron chi connectivity index (χ0n) is 26.0. The van der Waals surface area contributed by atoms with Crippen LogP contribution in [-0.2, 0) is 54.8 Å². The van der Waals surface area contributed by atoms with Crippen LogP contribution in [-0.4, -0.2) is 53.0 Å². The van der Waals surface area contributed by atoms with Crippen LogP contribution in [0.2, 0.25) is 0 Å². The molecule has 0 aliphatic carbocycles. The van der Waals surface area contributed by atoms with Crippen LogP contribution < -0.4 is 0 Å². The van der Waals surface area contributed by atoms with E-state index in [1.165, 1.54) is 23.3 Å². The molecule has 1 aliphatic rings. The van der Waals surface area contributed by atoms with Gasteiger partial charge in [0.1, 0.15) is 30.7 Å². The lowest BCUT2D eigenvalue weighted by Gasteiger charge is -2.45. The maximum atomic E-state index is 13.2. The first-order valence-corrected chi connectivity index (χ1v) is 15.7. The molecular formula is C38H38N2O7. The Balaban J connectivity index is 1.31. The van der Waals surface area contributed by atoms with E-state index in [0.717, 1.165) is 22.3 Å². The lowest BCUT2D eigenvalue weighted by molar-refractivity contribution is -0.315. The number of carbonyl (C=O) groups is 1. The second kappa shape index (κ2) is 16.8. The molecule has 0 bridgehead atoms. The van der Waals surface area contributed by atoms with Crippen molar-refractivity contribution in [3.05, 3.63) is 162 Å². The first kappa shape index (κ1) is 32.3. The summed E-state index contributed by atoms with van der Waals surface area (Å²) in [6.45, 7) is 1.35. The lowest BCUT2D eigenvalue weighted by Crippen LogP contribution is -2.62. The van der Waals surface area contributed by atoms with E-state index in [1.54, 1.807) is 0 Å². The minimum absolute atomic E-state index is 0.157. The van der Waals surface area contributed by atoms with Gasteiger partial charge in [-0.2, -0.15) is 0 Å². The number of benzene rings is 4. The lowest BCUT2D eigenvalue weighted by atomic mass is 9.97. The highest BCUT2D eigenvalue weighted by atomic mass is 16.7. The van der Waals surface area contributed by atoms with Crippen LogP contribution in [0.5, 0.6) is 0 Å². The molecule has 5 aromatic rings. The van der Waals surface area contributed by atoms with E-state index in [2.05, 4.69) is 4.98 Å². The Morgan fingerprint density at radius 3 is 1.57 bits per heavy atom. The summed E-state index contributed by atoms with van der Waals surface area (Å²) in [5, 5.41) is 0. The standard InChI is InChI=1S/C38H38N2O7/c41-38(40-22-21-39-28-40)47-37-36(45-26-32-19-11-4-12-20-32)35(44-25-31-17-9-3-10-18-31)34(43-24-30-15-7-2-8-16-30)33(46-37)27-42-23-29-13-5-1-6-14-29/h1-22,28,33-37H,23-27H2/t33-,34-,35+,36-,37+/m1/s1. The van der Waals surface area contributed by atoms with Gasteiger partial charge in [-0.25, -0.2) is 14.3 Å². The Labute approximate surface area is 274 Å². The van der Waals surface area contributed by atoms with E-state index in [1.807, 2.05) is 121 Å². The fraction of sp³-hybridized carbons (Fsp3) is 0.263. The van der Waals surface area contributed by atoms with Crippen molar-refractivity contribution in [2.45, 2.75) is 57.1 Å². The maximum Gasteiger partial charge on any atom is 0.421 e. The van der Waals surface area contributed by atoms with Crippen LogP contribution in [0.25, 0.3) is 0 Å². The fourth-order valence-electron chi connectivity index (χ4n) is 5.37. The van der Waals surface area contributed by atoms with Crippen molar-refractivity contribution in [2.24, 2.45) is 0 Å². The SMILES string of the molecule is O=C(O[C@@H]1O[C@H](COCc2ccccc2)[C@@H](OCc2ccccc2)[C@H](OCc2ccccc2)[C@H]1OCc1ccccc1)n1ccnc1. The van der Waals surface area contributed by atoms with Crippen LogP contribution in [0.15, 0.2) is 140 Å². The first-order chi connectivity index (χ1) is 23.2. The van der Waals surface area contributed by atoms with Crippen molar-refractivity contribution in [1.82, 2.24) is 9.55 Å². The normalized spacial score (nSPS) is 20.9. The van der Waals surface area contributed by atoms with E-state index < -0.39 is 36.8 Å². The van der Waals surface area contributed by atoms with E-state index in [-0.39, 0.29) is 19.8 Å². The topological polar surface area (TPSA) is 90.3 Å². The molecule has 0 N–H and O–H groups in total. The smallest absolute Gasteiger partial charge is 0.416 e. The molecule has 0 radical (unpaired) electrons. The molecule has 9 heteroatoms. The van der Waals surface area contributed by atoms with E-state index in [4.69, 9.17) is 28.4 Å². The van der Waals surface area contributed by atoms with Gasteiger partial charge in [0.25, 0.3) is 0 Å². The molecule has 2 heterocycles. The summed E-state index contributed by atoms with van der Waals surface area (Å²) in [7, 11) is 0. The molecule has 4 aromatic carbocycles. The molecular weight excluding hydrogens is 596 g/mol. The third-order valence-corrected chi connectivity index (χ3v) is 7.77. The summed E-state index contributed by atoms with van der Waals surface area (Å²) in [5.74, 6) is 0. The molecule has 5 atom stereocenters. The van der Waals surface area contributed by atoms with Crippen LogP contribution in [0.1, 0.15) is 22.3 Å². The maximum absolute atomic E-state index is 13.2. The number of hydrogen-bond acceptors (Lipinski definition) is 8. The fourth-order valence-corrected chi connectivity index (χ4v) is 5.37. The quantitative estimate of drug-likeness (QED) is 0.136. The third-order valence-electron chi connectivity index (χ3n) is 7.77. The van der Waals surface area contributed by atoms with Crippen LogP contribution in [0, 0.1) is 0 Å². The molecule has 242 valence electrons. The molecule has 9 nitrogen and oxygen atoms in total. The molecule has 0 amide bonds. The average Bonchev–Trinajstić information content (AvgIpc) is 3.67. The Hall–Kier alpha value is -4.64. The summed E-state index contributed by atoms with van der Waals surface area (Å²) >= 11 is 0. The van der Waals surface area contributed by atoms with Crippen molar-refractivity contribution < 1.29 is 33.2 Å². The van der Waals surface area contributed by atoms with Gasteiger partial charge in [-0.05, 0) is 22.3 Å². The van der Waals surface area contributed by atoms with Gasteiger partial charge >= 0.3 is 6.09 Å². The van der Waals surface area contributed by atoms with Crippen LogP contribution in [0.3, 0.4) is 0 Å². The summed E-state index contributed by atoms with van der Waals surface area (Å²) < 4.78 is 39.8. The van der Waals surface area contributed by atoms with Crippen molar-refractivity contribution in [3.8, 4) is 0 Å². The van der Waals surface area contributed by atoms with Crippen molar-refractivity contribution in [1.29, 1.82) is 0 Å². The van der Waals surface area contributed by atoms with E-state index in [0.29, 0.717) is 13.2 Å². The molecule has 1 fully saturated rings. The second-order valence-electron chi connectivity index (χ2n) is 11.2. The summed E-state index contributed by atoms with van der Waals surface area (Å²) in [6.07, 6.45) is -0.266. The summed E-state index contributed by atoms with van der Waals surface area (Å²) in [5.41, 5.74) is 3.94. The van der Waals surface area contributed by atoms with E-state index >= 15 is 0 Å². The summed E-state index contributed by atoms with van der Waals surface area (Å²) in [6, 6.07) is 39.5. The molecule has 47 heavy (non-hydrogen) atoms. The Bertz CT molecular complexity index is 1610. The Morgan fingerprint density at radius 1 is 0.617 bits per heavy atom. The molecule has 0 saturated carbocycles. The van der Waals surface area contributed by atoms with Gasteiger partial charge < -0.3 is 28.4 Å². The molecule has 1 aromatic heterocycles. The molecule has 1 aliphatic heterocycles. The minimum Gasteiger partial charge on any atom is -0.416 e. The number of nitrogens with zero attached hydrogens (tertiary/aromatic N) is 2. The molecule has 0 unspecified atom stereocenters. The highest BCUT2D eigenvalue weighted by Crippen LogP contribution is 2.32. The third kappa shape index (κ3) is 9.22. The second-order valence-corrected chi connectivity index (χ2v) is 11.2. The van der Waals surface area contributed by atoms with Gasteiger partial charge in [0.2, 0.25) is 6.29 Å². The van der Waals surface area contributed by atoms with Gasteiger partial charge in [0.05, 0.1) is 33.0 Å². The van der Waals surface area contributed by atoms with Crippen molar-refractivity contribution in [2.75, 3.05) is 6.61 Å². The summed E-state index contributed by atoms with van der Waals surface area (Å²) in [4.78, 5) is 17.2. The Morgan fingerprint density at radius 2 is 1.09 bits per heavy atom. The first-order valence-electron chi connectivity index (χ1n) is 15.7. The van der Waals surface area contributed by atoms with Crippen LogP contribution in [0.4, 0.5) is 4.79 Å². The van der Waals surface area contributed by atoms with Crippen LogP contribution >= 0.6 is 0 Å². The predicted molar refractivity (Wildman–Crippen MR) is 174 cm³/mol. The largest absolute Gasteiger partial charge is 0.421 e. The van der Waals surface area contributed by atoms with Gasteiger partial charge in [-0.3, -0.25) is 0 Å². The minimum atomic E-state index is -1.14. The van der Waals surface area contributed by atoms with E-state index in [9.17, 15) is 4.79 Å². The average molecular weight is 635 g/mol. The van der Waals surface area contributed by atoms with Gasteiger partial charge in [0, 0.05) is 12.4 Å². The van der Waals surface area contributed by atoms with Gasteiger partial charge in [0.15, 0.2) is 0 Å². The number of imidazole rings is 1. The highest BCUT2D eigenvalue weighted by molar-refractivity contribution is 5.70. The van der Waals surface area contributed by atoms with Crippen molar-refractivity contribution >= 4 is 6.09 Å². The van der Waals surface area contributed by atoms with Crippen molar-refractivity contribution in [3.63, 3.8) is 0 Å². The number of aromatic nitrogens is 2. The zero-order valence-corrected chi connectivity index (χ0v) is 26.0.